The van der Waals surface area contributed by atoms with Gasteiger partial charge in [-0.1, -0.05) is 291 Å². The van der Waals surface area contributed by atoms with Crippen molar-refractivity contribution in [1.82, 2.24) is 0 Å². The summed E-state index contributed by atoms with van der Waals surface area (Å²) in [7, 11) is 0. The van der Waals surface area contributed by atoms with Crippen LogP contribution < -0.4 is 0 Å². The largest absolute Gasteiger partial charge is 0.462 e. The Morgan fingerprint density at radius 2 is 0.516 bits per heavy atom. The number of carbonyl (C=O) groups excluding carboxylic acids is 3. The van der Waals surface area contributed by atoms with Crippen LogP contribution in [0.25, 0.3) is 0 Å². The lowest BCUT2D eigenvalue weighted by Crippen LogP contribution is -2.30. The Bertz CT molecular complexity index is 964. The molecule has 0 heterocycles. The van der Waals surface area contributed by atoms with Gasteiger partial charge in [-0.25, -0.2) is 0 Å². The van der Waals surface area contributed by atoms with E-state index in [0.29, 0.717) is 19.3 Å². The smallest absolute Gasteiger partial charge is 0.306 e. The molecule has 64 heavy (non-hydrogen) atoms. The first-order valence-corrected chi connectivity index (χ1v) is 28.9. The number of ether oxygens (including phenoxy) is 3. The highest BCUT2D eigenvalue weighted by molar-refractivity contribution is 5.71. The summed E-state index contributed by atoms with van der Waals surface area (Å²) in [5.74, 6) is 0.0180. The van der Waals surface area contributed by atoms with Crippen LogP contribution in [0.3, 0.4) is 0 Å². The van der Waals surface area contributed by atoms with Gasteiger partial charge in [-0.3, -0.25) is 14.4 Å². The first-order valence-electron chi connectivity index (χ1n) is 28.9. The first-order chi connectivity index (χ1) is 31.4. The number of hydrogen-bond donors (Lipinski definition) is 0. The molecule has 0 N–H and O–H groups in total. The van der Waals surface area contributed by atoms with Crippen LogP contribution in [0.15, 0.2) is 0 Å². The third-order valence-corrected chi connectivity index (χ3v) is 13.3. The highest BCUT2D eigenvalue weighted by atomic mass is 16.6. The van der Waals surface area contributed by atoms with E-state index in [1.807, 2.05) is 0 Å². The zero-order chi connectivity index (χ0) is 46.7. The Hall–Kier alpha value is -1.59. The SMILES string of the molecule is CCCCCCCCCCCCCCCCC(=O)O[C@H](COC(=O)CCCCCCCCCCCCCCC)COC(=O)CCCCCCCCCCCCCCCCCCC(C)C. The van der Waals surface area contributed by atoms with Gasteiger partial charge < -0.3 is 14.2 Å². The molecule has 0 aromatic heterocycles. The van der Waals surface area contributed by atoms with Gasteiger partial charge in [-0.05, 0) is 25.2 Å². The Morgan fingerprint density at radius 3 is 0.766 bits per heavy atom. The number of unbranched alkanes of at least 4 members (excludes halogenated alkanes) is 40. The van der Waals surface area contributed by atoms with Crippen molar-refractivity contribution in [3.8, 4) is 0 Å². The lowest BCUT2D eigenvalue weighted by atomic mass is 10.0. The number of hydrogen-bond acceptors (Lipinski definition) is 6. The average molecular weight is 906 g/mol. The van der Waals surface area contributed by atoms with Gasteiger partial charge >= 0.3 is 17.9 Å². The van der Waals surface area contributed by atoms with Gasteiger partial charge in [0.15, 0.2) is 6.10 Å². The third-order valence-electron chi connectivity index (χ3n) is 13.3. The minimum atomic E-state index is -0.761. The third kappa shape index (κ3) is 51.4. The first kappa shape index (κ1) is 62.4. The molecule has 0 unspecified atom stereocenters. The van der Waals surface area contributed by atoms with Gasteiger partial charge in [-0.2, -0.15) is 0 Å². The molecular weight excluding hydrogens is 793 g/mol. The molecule has 6 heteroatoms. The zero-order valence-corrected chi connectivity index (χ0v) is 43.8. The van der Waals surface area contributed by atoms with Crippen molar-refractivity contribution in [3.05, 3.63) is 0 Å². The molecule has 0 saturated carbocycles. The molecule has 0 aliphatic rings. The highest BCUT2D eigenvalue weighted by Crippen LogP contribution is 2.18. The lowest BCUT2D eigenvalue weighted by molar-refractivity contribution is -0.167. The van der Waals surface area contributed by atoms with Crippen LogP contribution in [0.4, 0.5) is 0 Å². The standard InChI is InChI=1S/C58H112O6/c1-5-7-9-11-13-15-17-19-26-31-35-39-43-47-51-58(61)64-55(52-62-56(59)49-45-41-37-33-29-24-18-16-14-12-10-8-6-2)53-63-57(60)50-46-42-38-34-30-27-23-21-20-22-25-28-32-36-40-44-48-54(3)4/h54-55H,5-53H2,1-4H3/t55-/m1/s1. The van der Waals surface area contributed by atoms with Crippen molar-refractivity contribution in [1.29, 1.82) is 0 Å². The molecule has 0 aliphatic heterocycles. The minimum Gasteiger partial charge on any atom is -0.462 e. The summed E-state index contributed by atoms with van der Waals surface area (Å²) < 4.78 is 16.9. The molecule has 0 fully saturated rings. The van der Waals surface area contributed by atoms with Gasteiger partial charge in [0, 0.05) is 19.3 Å². The van der Waals surface area contributed by atoms with Gasteiger partial charge in [0.05, 0.1) is 0 Å². The summed E-state index contributed by atoms with van der Waals surface area (Å²) in [6.45, 7) is 9.07. The Morgan fingerprint density at radius 1 is 0.297 bits per heavy atom. The molecule has 0 aliphatic carbocycles. The maximum atomic E-state index is 12.8. The van der Waals surface area contributed by atoms with Crippen LogP contribution in [0, 0.1) is 5.92 Å². The van der Waals surface area contributed by atoms with E-state index in [9.17, 15) is 14.4 Å². The molecule has 0 spiro atoms. The number of carbonyl (C=O) groups is 3. The van der Waals surface area contributed by atoms with E-state index in [-0.39, 0.29) is 31.1 Å². The molecule has 0 saturated heterocycles. The van der Waals surface area contributed by atoms with Gasteiger partial charge in [0.1, 0.15) is 13.2 Å². The predicted molar refractivity (Wildman–Crippen MR) is 275 cm³/mol. The quantitative estimate of drug-likeness (QED) is 0.0344. The summed E-state index contributed by atoms with van der Waals surface area (Å²) in [5, 5.41) is 0. The van der Waals surface area contributed by atoms with Gasteiger partial charge in [0.2, 0.25) is 0 Å². The molecule has 0 radical (unpaired) electrons. The van der Waals surface area contributed by atoms with E-state index in [1.165, 1.54) is 225 Å². The molecule has 0 rings (SSSR count). The van der Waals surface area contributed by atoms with E-state index in [4.69, 9.17) is 14.2 Å². The van der Waals surface area contributed by atoms with E-state index >= 15 is 0 Å². The second-order valence-electron chi connectivity index (χ2n) is 20.4. The van der Waals surface area contributed by atoms with E-state index < -0.39 is 6.10 Å². The maximum Gasteiger partial charge on any atom is 0.306 e. The maximum absolute atomic E-state index is 12.8. The Labute approximate surface area is 399 Å². The van der Waals surface area contributed by atoms with E-state index in [0.717, 1.165) is 63.7 Å². The summed E-state index contributed by atoms with van der Waals surface area (Å²) in [6, 6.07) is 0. The molecule has 6 nitrogen and oxygen atoms in total. The van der Waals surface area contributed by atoms with Crippen molar-refractivity contribution < 1.29 is 28.6 Å². The monoisotopic (exact) mass is 905 g/mol. The van der Waals surface area contributed by atoms with Crippen LogP contribution in [0.1, 0.15) is 329 Å². The summed E-state index contributed by atoms with van der Waals surface area (Å²) in [4.78, 5) is 38.1. The average Bonchev–Trinajstić information content (AvgIpc) is 3.28. The fraction of sp³-hybridized carbons (Fsp3) is 0.948. The topological polar surface area (TPSA) is 78.9 Å². The second kappa shape index (κ2) is 52.4. The van der Waals surface area contributed by atoms with Crippen LogP contribution in [-0.2, 0) is 28.6 Å². The van der Waals surface area contributed by atoms with E-state index in [2.05, 4.69) is 27.7 Å². The predicted octanol–water partition coefficient (Wildman–Crippen LogP) is 19.0. The Balaban J connectivity index is 4.26. The molecule has 1 atom stereocenters. The summed E-state index contributed by atoms with van der Waals surface area (Å²) in [6.07, 6.45) is 56.6. The van der Waals surface area contributed by atoms with Gasteiger partial charge in [-0.15, -0.1) is 0 Å². The molecule has 0 amide bonds. The van der Waals surface area contributed by atoms with Crippen molar-refractivity contribution in [2.75, 3.05) is 13.2 Å². The normalized spacial score (nSPS) is 12.0. The van der Waals surface area contributed by atoms with Crippen LogP contribution in [0.5, 0.6) is 0 Å². The fourth-order valence-electron chi connectivity index (χ4n) is 8.92. The van der Waals surface area contributed by atoms with Crippen molar-refractivity contribution >= 4 is 17.9 Å². The zero-order valence-electron chi connectivity index (χ0n) is 43.8. The van der Waals surface area contributed by atoms with E-state index in [1.54, 1.807) is 0 Å². The molecule has 0 aromatic rings. The summed E-state index contributed by atoms with van der Waals surface area (Å²) in [5.41, 5.74) is 0. The van der Waals surface area contributed by atoms with Crippen LogP contribution in [-0.4, -0.2) is 37.2 Å². The second-order valence-corrected chi connectivity index (χ2v) is 20.4. The molecule has 0 aromatic carbocycles. The van der Waals surface area contributed by atoms with Crippen molar-refractivity contribution in [2.24, 2.45) is 5.92 Å². The number of rotatable bonds is 53. The summed E-state index contributed by atoms with van der Waals surface area (Å²) >= 11 is 0. The minimum absolute atomic E-state index is 0.0617. The molecule has 380 valence electrons. The lowest BCUT2D eigenvalue weighted by Gasteiger charge is -2.18. The van der Waals surface area contributed by atoms with Crippen molar-refractivity contribution in [2.45, 2.75) is 336 Å². The van der Waals surface area contributed by atoms with Crippen LogP contribution >= 0.6 is 0 Å². The number of esters is 3. The fourth-order valence-corrected chi connectivity index (χ4v) is 8.92. The van der Waals surface area contributed by atoms with Gasteiger partial charge in [0.25, 0.3) is 0 Å². The van der Waals surface area contributed by atoms with Crippen molar-refractivity contribution in [3.63, 3.8) is 0 Å². The van der Waals surface area contributed by atoms with Crippen LogP contribution in [0.2, 0.25) is 0 Å². The molecule has 0 bridgehead atoms. The highest BCUT2D eigenvalue weighted by Gasteiger charge is 2.19. The Kier molecular flexibility index (Phi) is 51.1. The molecular formula is C58H112O6.